The Morgan fingerprint density at radius 3 is 2.68 bits per heavy atom. The van der Waals surface area contributed by atoms with Gasteiger partial charge in [0.2, 0.25) is 0 Å². The summed E-state index contributed by atoms with van der Waals surface area (Å²) in [5.74, 6) is -0.337. The Morgan fingerprint density at radius 1 is 1.36 bits per heavy atom. The van der Waals surface area contributed by atoms with E-state index in [0.717, 1.165) is 0 Å². The second-order valence-electron chi connectivity index (χ2n) is 4.17. The van der Waals surface area contributed by atoms with Crippen molar-refractivity contribution < 1.29 is 17.9 Å². The van der Waals surface area contributed by atoms with E-state index in [9.17, 15) is 13.2 Å². The fourth-order valence-electron chi connectivity index (χ4n) is 1.80. The number of alkyl halides is 3. The van der Waals surface area contributed by atoms with Crippen LogP contribution in [0.15, 0.2) is 30.6 Å². The number of ether oxygens (including phenoxy) is 1. The van der Waals surface area contributed by atoms with E-state index in [1.54, 1.807) is 0 Å². The van der Waals surface area contributed by atoms with Gasteiger partial charge in [-0.15, -0.1) is 25.6 Å². The number of benzene rings is 1. The van der Waals surface area contributed by atoms with E-state index in [0.29, 0.717) is 11.1 Å². The number of hydrogen-bond donors (Lipinski definition) is 1. The first kappa shape index (κ1) is 17.8. The van der Waals surface area contributed by atoms with E-state index in [1.807, 2.05) is 6.07 Å². The lowest BCUT2D eigenvalue weighted by molar-refractivity contribution is -0.274. The van der Waals surface area contributed by atoms with Crippen molar-refractivity contribution in [2.75, 3.05) is 0 Å². The van der Waals surface area contributed by atoms with Crippen molar-refractivity contribution in [1.29, 1.82) is 5.26 Å². The van der Waals surface area contributed by atoms with Crippen LogP contribution in [0.25, 0.3) is 11.1 Å². The van der Waals surface area contributed by atoms with Crippen LogP contribution in [0.1, 0.15) is 5.56 Å². The van der Waals surface area contributed by atoms with Crippen LogP contribution in [-0.4, -0.2) is 16.1 Å². The molecule has 0 aliphatic rings. The van der Waals surface area contributed by atoms with Crippen molar-refractivity contribution in [1.82, 2.24) is 9.78 Å². The number of nitriles is 1. The minimum Gasteiger partial charge on any atom is -0.405 e. The molecule has 0 fully saturated rings. The summed E-state index contributed by atoms with van der Waals surface area (Å²) < 4.78 is 42.6. The smallest absolute Gasteiger partial charge is 0.405 e. The average molecular weight is 333 g/mol. The molecule has 1 aromatic carbocycles. The normalized spacial score (nSPS) is 10.7. The summed E-state index contributed by atoms with van der Waals surface area (Å²) in [6.07, 6.45) is -1.94. The number of halogens is 4. The van der Waals surface area contributed by atoms with Crippen LogP contribution in [0.4, 0.5) is 13.2 Å². The van der Waals surface area contributed by atoms with E-state index < -0.39 is 6.36 Å². The van der Waals surface area contributed by atoms with Crippen LogP contribution in [0.5, 0.6) is 5.75 Å². The zero-order valence-corrected chi connectivity index (χ0v) is 12.0. The zero-order chi connectivity index (χ0) is 15.5. The Bertz CT molecular complexity index is 679. The molecule has 0 saturated carbocycles. The van der Waals surface area contributed by atoms with Gasteiger partial charge in [0, 0.05) is 23.9 Å². The molecular formula is C13H12ClF3N4O. The third-order valence-corrected chi connectivity index (χ3v) is 2.68. The summed E-state index contributed by atoms with van der Waals surface area (Å²) in [6, 6.07) is 6.08. The standard InChI is InChI=1S/C13H11F3N4O.ClH/c14-13(15,16)21-12-2-1-9(6-18)5-11(12)10-7-19-20(8-10)4-3-17;/h1-2,5,7-8H,4,6,18H2;1H. The van der Waals surface area contributed by atoms with Crippen LogP contribution in [0, 0.1) is 11.3 Å². The highest BCUT2D eigenvalue weighted by Crippen LogP contribution is 2.34. The number of aromatic nitrogens is 2. The Labute approximate surface area is 130 Å². The molecule has 2 N–H and O–H groups in total. The van der Waals surface area contributed by atoms with Crippen molar-refractivity contribution in [3.05, 3.63) is 36.2 Å². The summed E-state index contributed by atoms with van der Waals surface area (Å²) in [7, 11) is 0. The van der Waals surface area contributed by atoms with Crippen molar-refractivity contribution in [3.8, 4) is 22.9 Å². The SMILES string of the molecule is Cl.N#CCn1cc(-c2cc(CN)ccc2OC(F)(F)F)cn1. The first-order valence-corrected chi connectivity index (χ1v) is 5.91. The summed E-state index contributed by atoms with van der Waals surface area (Å²) in [4.78, 5) is 0. The number of rotatable bonds is 4. The molecule has 5 nitrogen and oxygen atoms in total. The van der Waals surface area contributed by atoms with E-state index in [4.69, 9.17) is 11.0 Å². The Morgan fingerprint density at radius 2 is 2.09 bits per heavy atom. The van der Waals surface area contributed by atoms with Gasteiger partial charge in [-0.25, -0.2) is 0 Å². The second-order valence-corrected chi connectivity index (χ2v) is 4.17. The Hall–Kier alpha value is -2.24. The topological polar surface area (TPSA) is 76.9 Å². The van der Waals surface area contributed by atoms with Gasteiger partial charge in [-0.2, -0.15) is 10.4 Å². The fraction of sp³-hybridized carbons (Fsp3) is 0.231. The third-order valence-electron chi connectivity index (χ3n) is 2.68. The molecule has 1 aromatic heterocycles. The molecule has 1 heterocycles. The maximum absolute atomic E-state index is 12.4. The van der Waals surface area contributed by atoms with Crippen molar-refractivity contribution in [2.45, 2.75) is 19.5 Å². The maximum atomic E-state index is 12.4. The fourth-order valence-corrected chi connectivity index (χ4v) is 1.80. The monoisotopic (exact) mass is 332 g/mol. The van der Waals surface area contributed by atoms with Gasteiger partial charge in [-0.05, 0) is 17.7 Å². The predicted octanol–water partition coefficient (Wildman–Crippen LogP) is 2.85. The molecule has 2 rings (SSSR count). The lowest BCUT2D eigenvalue weighted by atomic mass is 10.0. The van der Waals surface area contributed by atoms with E-state index in [1.165, 1.54) is 35.3 Å². The first-order valence-electron chi connectivity index (χ1n) is 5.91. The lowest BCUT2D eigenvalue weighted by Crippen LogP contribution is -2.17. The van der Waals surface area contributed by atoms with Crippen molar-refractivity contribution >= 4 is 12.4 Å². The molecule has 0 bridgehead atoms. The van der Waals surface area contributed by atoms with Crippen LogP contribution < -0.4 is 10.5 Å². The van der Waals surface area contributed by atoms with Crippen LogP contribution in [0.3, 0.4) is 0 Å². The second kappa shape index (κ2) is 7.15. The highest BCUT2D eigenvalue weighted by atomic mass is 35.5. The molecule has 118 valence electrons. The van der Waals surface area contributed by atoms with E-state index in [-0.39, 0.29) is 36.8 Å². The summed E-state index contributed by atoms with van der Waals surface area (Å²) >= 11 is 0. The number of nitrogens with zero attached hydrogens (tertiary/aromatic N) is 3. The quantitative estimate of drug-likeness (QED) is 0.934. The molecule has 0 radical (unpaired) electrons. The average Bonchev–Trinajstić information content (AvgIpc) is 2.86. The minimum absolute atomic E-state index is 0. The van der Waals surface area contributed by atoms with Gasteiger partial charge in [0.1, 0.15) is 12.3 Å². The molecule has 0 saturated heterocycles. The first-order chi connectivity index (χ1) is 9.93. The number of nitrogens with two attached hydrogens (primary N) is 1. The van der Waals surface area contributed by atoms with Crippen LogP contribution in [-0.2, 0) is 13.1 Å². The van der Waals surface area contributed by atoms with Crippen molar-refractivity contribution in [3.63, 3.8) is 0 Å². The third kappa shape index (κ3) is 4.38. The highest BCUT2D eigenvalue weighted by Gasteiger charge is 2.32. The lowest BCUT2D eigenvalue weighted by Gasteiger charge is -2.13. The molecule has 0 amide bonds. The van der Waals surface area contributed by atoms with Gasteiger partial charge in [-0.3, -0.25) is 4.68 Å². The van der Waals surface area contributed by atoms with Gasteiger partial charge in [0.25, 0.3) is 0 Å². The summed E-state index contributed by atoms with van der Waals surface area (Å²) in [5.41, 5.74) is 6.80. The zero-order valence-electron chi connectivity index (χ0n) is 11.2. The molecule has 0 aliphatic carbocycles. The maximum Gasteiger partial charge on any atom is 0.573 e. The van der Waals surface area contributed by atoms with Gasteiger partial charge in [0.05, 0.1) is 12.3 Å². The molecular weight excluding hydrogens is 321 g/mol. The van der Waals surface area contributed by atoms with Gasteiger partial charge in [-0.1, -0.05) is 6.07 Å². The van der Waals surface area contributed by atoms with Gasteiger partial charge in [0.15, 0.2) is 0 Å². The molecule has 22 heavy (non-hydrogen) atoms. The van der Waals surface area contributed by atoms with Crippen molar-refractivity contribution in [2.24, 2.45) is 5.73 Å². The Balaban J connectivity index is 0.00000242. The molecule has 0 spiro atoms. The predicted molar refractivity (Wildman–Crippen MR) is 75.1 cm³/mol. The van der Waals surface area contributed by atoms with Gasteiger partial charge >= 0.3 is 6.36 Å². The minimum atomic E-state index is -4.79. The van der Waals surface area contributed by atoms with Crippen LogP contribution >= 0.6 is 12.4 Å². The molecule has 2 aromatic rings. The van der Waals surface area contributed by atoms with E-state index >= 15 is 0 Å². The number of hydrogen-bond acceptors (Lipinski definition) is 4. The summed E-state index contributed by atoms with van der Waals surface area (Å²) in [5, 5.41) is 12.5. The van der Waals surface area contributed by atoms with Crippen LogP contribution in [0.2, 0.25) is 0 Å². The van der Waals surface area contributed by atoms with E-state index in [2.05, 4.69) is 9.84 Å². The molecule has 9 heteroatoms. The largest absolute Gasteiger partial charge is 0.573 e. The molecule has 0 aliphatic heterocycles. The molecule has 0 atom stereocenters. The molecule has 0 unspecified atom stereocenters. The van der Waals surface area contributed by atoms with Gasteiger partial charge < -0.3 is 10.5 Å². The highest BCUT2D eigenvalue weighted by molar-refractivity contribution is 5.85. The summed E-state index contributed by atoms with van der Waals surface area (Å²) in [6.45, 7) is 0.192. The Kier molecular flexibility index (Phi) is 5.79.